The lowest BCUT2D eigenvalue weighted by molar-refractivity contribution is 0.288. The molecule has 0 saturated heterocycles. The summed E-state index contributed by atoms with van der Waals surface area (Å²) in [7, 11) is 1.62. The van der Waals surface area contributed by atoms with E-state index in [1.807, 2.05) is 18.2 Å². The third-order valence-electron chi connectivity index (χ3n) is 2.37. The van der Waals surface area contributed by atoms with Crippen molar-refractivity contribution in [2.24, 2.45) is 16.6 Å². The highest BCUT2D eigenvalue weighted by Crippen LogP contribution is 2.28. The Kier molecular flexibility index (Phi) is 5.49. The SMILES string of the molecule is COc1cc(N=C(C)N)cc(OCCC(C)C)c1. The lowest BCUT2D eigenvalue weighted by atomic mass is 10.1. The molecule has 4 heteroatoms. The van der Waals surface area contributed by atoms with E-state index in [0.29, 0.717) is 18.4 Å². The summed E-state index contributed by atoms with van der Waals surface area (Å²) in [5.41, 5.74) is 6.32. The Balaban J connectivity index is 2.80. The molecule has 1 rings (SSSR count). The summed E-state index contributed by atoms with van der Waals surface area (Å²) in [6, 6.07) is 5.54. The number of hydrogen-bond donors (Lipinski definition) is 1. The molecule has 0 aliphatic heterocycles. The molecule has 1 aromatic carbocycles. The number of nitrogens with two attached hydrogens (primary N) is 1. The molecule has 0 fully saturated rings. The fourth-order valence-electron chi connectivity index (χ4n) is 1.44. The first-order chi connectivity index (χ1) is 8.51. The summed E-state index contributed by atoms with van der Waals surface area (Å²) >= 11 is 0. The Bertz CT molecular complexity index is 410. The summed E-state index contributed by atoms with van der Waals surface area (Å²) in [4.78, 5) is 4.21. The molecule has 1 aromatic rings. The van der Waals surface area contributed by atoms with Crippen molar-refractivity contribution >= 4 is 11.5 Å². The molecule has 0 bridgehead atoms. The topological polar surface area (TPSA) is 56.8 Å². The van der Waals surface area contributed by atoms with E-state index >= 15 is 0 Å². The van der Waals surface area contributed by atoms with Crippen LogP contribution in [0.15, 0.2) is 23.2 Å². The highest BCUT2D eigenvalue weighted by Gasteiger charge is 2.03. The smallest absolute Gasteiger partial charge is 0.125 e. The van der Waals surface area contributed by atoms with Crippen molar-refractivity contribution in [1.82, 2.24) is 0 Å². The zero-order valence-corrected chi connectivity index (χ0v) is 11.6. The summed E-state index contributed by atoms with van der Waals surface area (Å²) in [6.45, 7) is 6.78. The standard InChI is InChI=1S/C14H22N2O2/c1-10(2)5-6-18-14-8-12(16-11(3)15)7-13(9-14)17-4/h7-10H,5-6H2,1-4H3,(H2,15,16). The van der Waals surface area contributed by atoms with Crippen LogP contribution in [0.25, 0.3) is 0 Å². The van der Waals surface area contributed by atoms with Crippen LogP contribution in [0.2, 0.25) is 0 Å². The molecule has 0 radical (unpaired) electrons. The van der Waals surface area contributed by atoms with Crippen molar-refractivity contribution in [3.8, 4) is 11.5 Å². The Morgan fingerprint density at radius 3 is 2.50 bits per heavy atom. The molecule has 0 unspecified atom stereocenters. The van der Waals surface area contributed by atoms with Crippen LogP contribution < -0.4 is 15.2 Å². The Morgan fingerprint density at radius 2 is 1.94 bits per heavy atom. The van der Waals surface area contributed by atoms with Gasteiger partial charge in [-0.2, -0.15) is 0 Å². The molecule has 0 atom stereocenters. The number of methoxy groups -OCH3 is 1. The minimum atomic E-state index is 0.511. The average Bonchev–Trinajstić information content (AvgIpc) is 2.27. The molecular formula is C14H22N2O2. The van der Waals surface area contributed by atoms with Crippen LogP contribution in [0.5, 0.6) is 11.5 Å². The number of hydrogen-bond acceptors (Lipinski definition) is 3. The van der Waals surface area contributed by atoms with Gasteiger partial charge in [-0.15, -0.1) is 0 Å². The van der Waals surface area contributed by atoms with Crippen molar-refractivity contribution in [2.75, 3.05) is 13.7 Å². The van der Waals surface area contributed by atoms with Crippen molar-refractivity contribution in [2.45, 2.75) is 27.2 Å². The second kappa shape index (κ2) is 6.89. The number of aliphatic imine (C=N–C) groups is 1. The second-order valence-corrected chi connectivity index (χ2v) is 4.65. The first kappa shape index (κ1) is 14.4. The summed E-state index contributed by atoms with van der Waals surface area (Å²) < 4.78 is 10.9. The van der Waals surface area contributed by atoms with E-state index in [9.17, 15) is 0 Å². The van der Waals surface area contributed by atoms with E-state index in [4.69, 9.17) is 15.2 Å². The second-order valence-electron chi connectivity index (χ2n) is 4.65. The molecule has 100 valence electrons. The zero-order chi connectivity index (χ0) is 13.5. The summed E-state index contributed by atoms with van der Waals surface area (Å²) in [5, 5.41) is 0. The highest BCUT2D eigenvalue weighted by atomic mass is 16.5. The van der Waals surface area contributed by atoms with Crippen LogP contribution in [0, 0.1) is 5.92 Å². The van der Waals surface area contributed by atoms with Gasteiger partial charge in [0.05, 0.1) is 25.2 Å². The number of benzene rings is 1. The van der Waals surface area contributed by atoms with Crippen LogP contribution in [0.1, 0.15) is 27.2 Å². The number of amidine groups is 1. The fourth-order valence-corrected chi connectivity index (χ4v) is 1.44. The maximum absolute atomic E-state index is 5.69. The highest BCUT2D eigenvalue weighted by molar-refractivity contribution is 5.80. The Hall–Kier alpha value is -1.71. The Labute approximate surface area is 109 Å². The van der Waals surface area contributed by atoms with Gasteiger partial charge in [-0.05, 0) is 19.3 Å². The molecule has 2 N–H and O–H groups in total. The van der Waals surface area contributed by atoms with Crippen LogP contribution in [0.4, 0.5) is 5.69 Å². The lowest BCUT2D eigenvalue weighted by Crippen LogP contribution is -2.04. The minimum Gasteiger partial charge on any atom is -0.497 e. The molecule has 0 aliphatic rings. The maximum atomic E-state index is 5.69. The van der Waals surface area contributed by atoms with Crippen molar-refractivity contribution in [3.63, 3.8) is 0 Å². The van der Waals surface area contributed by atoms with Crippen LogP contribution in [0.3, 0.4) is 0 Å². The van der Waals surface area contributed by atoms with Gasteiger partial charge in [0.1, 0.15) is 11.5 Å². The summed E-state index contributed by atoms with van der Waals surface area (Å²) in [6.07, 6.45) is 1.02. The van der Waals surface area contributed by atoms with Gasteiger partial charge in [-0.3, -0.25) is 0 Å². The number of nitrogens with zero attached hydrogens (tertiary/aromatic N) is 1. The van der Waals surface area contributed by atoms with Crippen LogP contribution >= 0.6 is 0 Å². The van der Waals surface area contributed by atoms with E-state index in [0.717, 1.165) is 23.6 Å². The minimum absolute atomic E-state index is 0.511. The molecular weight excluding hydrogens is 228 g/mol. The average molecular weight is 250 g/mol. The van der Waals surface area contributed by atoms with Gasteiger partial charge in [-0.25, -0.2) is 4.99 Å². The third-order valence-corrected chi connectivity index (χ3v) is 2.37. The molecule has 18 heavy (non-hydrogen) atoms. The first-order valence-corrected chi connectivity index (χ1v) is 6.14. The summed E-state index contributed by atoms with van der Waals surface area (Å²) in [5.74, 6) is 2.61. The molecule has 0 saturated carbocycles. The lowest BCUT2D eigenvalue weighted by Gasteiger charge is -2.10. The predicted octanol–water partition coefficient (Wildman–Crippen LogP) is 3.13. The predicted molar refractivity (Wildman–Crippen MR) is 74.9 cm³/mol. The van der Waals surface area contributed by atoms with Crippen molar-refractivity contribution in [3.05, 3.63) is 18.2 Å². The van der Waals surface area contributed by atoms with Crippen LogP contribution in [-0.4, -0.2) is 19.6 Å². The normalized spacial score (nSPS) is 11.7. The number of rotatable bonds is 6. The van der Waals surface area contributed by atoms with Gasteiger partial charge in [0.25, 0.3) is 0 Å². The molecule has 0 aliphatic carbocycles. The van der Waals surface area contributed by atoms with Gasteiger partial charge >= 0.3 is 0 Å². The zero-order valence-electron chi connectivity index (χ0n) is 11.6. The fraction of sp³-hybridized carbons (Fsp3) is 0.500. The molecule has 4 nitrogen and oxygen atoms in total. The van der Waals surface area contributed by atoms with E-state index in [2.05, 4.69) is 18.8 Å². The van der Waals surface area contributed by atoms with Gasteiger partial charge in [0.15, 0.2) is 0 Å². The van der Waals surface area contributed by atoms with E-state index in [1.54, 1.807) is 14.0 Å². The molecule has 0 heterocycles. The van der Waals surface area contributed by atoms with Gasteiger partial charge in [-0.1, -0.05) is 13.8 Å². The maximum Gasteiger partial charge on any atom is 0.125 e. The molecule has 0 spiro atoms. The third kappa shape index (κ3) is 5.08. The largest absolute Gasteiger partial charge is 0.497 e. The van der Waals surface area contributed by atoms with E-state index < -0.39 is 0 Å². The van der Waals surface area contributed by atoms with Gasteiger partial charge in [0.2, 0.25) is 0 Å². The number of ether oxygens (including phenoxy) is 2. The monoisotopic (exact) mass is 250 g/mol. The van der Waals surface area contributed by atoms with Crippen molar-refractivity contribution in [1.29, 1.82) is 0 Å². The van der Waals surface area contributed by atoms with Crippen LogP contribution in [-0.2, 0) is 0 Å². The quantitative estimate of drug-likeness (QED) is 0.623. The van der Waals surface area contributed by atoms with E-state index in [1.165, 1.54) is 0 Å². The van der Waals surface area contributed by atoms with Gasteiger partial charge in [0, 0.05) is 18.2 Å². The first-order valence-electron chi connectivity index (χ1n) is 6.14. The van der Waals surface area contributed by atoms with Gasteiger partial charge < -0.3 is 15.2 Å². The Morgan fingerprint density at radius 1 is 1.28 bits per heavy atom. The molecule has 0 aromatic heterocycles. The molecule has 0 amide bonds. The van der Waals surface area contributed by atoms with Crippen molar-refractivity contribution < 1.29 is 9.47 Å². The van der Waals surface area contributed by atoms with E-state index in [-0.39, 0.29) is 0 Å².